The van der Waals surface area contributed by atoms with E-state index in [1.165, 1.54) is 0 Å². The largest absolute Gasteiger partial charge is 0.348 e. The molecule has 0 fully saturated rings. The molecule has 0 spiro atoms. The van der Waals surface area contributed by atoms with Gasteiger partial charge in [0.2, 0.25) is 0 Å². The van der Waals surface area contributed by atoms with Crippen molar-refractivity contribution in [3.8, 4) is 11.3 Å². The predicted octanol–water partition coefficient (Wildman–Crippen LogP) is 5.15. The van der Waals surface area contributed by atoms with Crippen LogP contribution in [0.3, 0.4) is 0 Å². The summed E-state index contributed by atoms with van der Waals surface area (Å²) in [7, 11) is 0. The van der Waals surface area contributed by atoms with Crippen LogP contribution in [-0.4, -0.2) is 16.9 Å². The number of fused-ring (bicyclic) bond motifs is 1. The average molecular weight is 345 g/mol. The van der Waals surface area contributed by atoms with E-state index in [0.717, 1.165) is 27.8 Å². The van der Waals surface area contributed by atoms with Crippen LogP contribution in [0.15, 0.2) is 41.8 Å². The van der Waals surface area contributed by atoms with Gasteiger partial charge in [0.25, 0.3) is 5.91 Å². The van der Waals surface area contributed by atoms with Crippen LogP contribution in [0, 0.1) is 0 Å². The predicted molar refractivity (Wildman–Crippen MR) is 97.3 cm³/mol. The van der Waals surface area contributed by atoms with Crippen LogP contribution < -0.4 is 5.32 Å². The molecule has 3 aromatic rings. The topological polar surface area (TPSA) is 42.0 Å². The van der Waals surface area contributed by atoms with Crippen molar-refractivity contribution in [2.45, 2.75) is 26.3 Å². The Morgan fingerprint density at radius 3 is 2.87 bits per heavy atom. The fraction of sp³-hybridized carbons (Fsp3) is 0.222. The zero-order valence-corrected chi connectivity index (χ0v) is 14.5. The highest BCUT2D eigenvalue weighted by atomic mass is 35.5. The minimum Gasteiger partial charge on any atom is -0.348 e. The van der Waals surface area contributed by atoms with E-state index in [1.807, 2.05) is 55.6 Å². The third-order valence-corrected chi connectivity index (χ3v) is 5.00. The number of amides is 1. The lowest BCUT2D eigenvalue weighted by molar-refractivity contribution is 0.0934. The van der Waals surface area contributed by atoms with E-state index in [9.17, 15) is 4.79 Å². The standard InChI is InChI=1S/C18H17ClN2OS/c1-3-11(2)20-18(22)15-10-16-13(8-9-23-16)17(21-15)12-6-4-5-7-14(12)19/h4-11H,3H2,1-2H3,(H,20,22). The number of nitrogens with one attached hydrogen (secondary N) is 1. The second kappa shape index (κ2) is 6.69. The summed E-state index contributed by atoms with van der Waals surface area (Å²) in [5.41, 5.74) is 2.02. The molecule has 1 N–H and O–H groups in total. The van der Waals surface area contributed by atoms with Gasteiger partial charge < -0.3 is 5.32 Å². The monoisotopic (exact) mass is 344 g/mol. The molecule has 0 saturated carbocycles. The Labute approximate surface area is 144 Å². The lowest BCUT2D eigenvalue weighted by Crippen LogP contribution is -2.32. The van der Waals surface area contributed by atoms with Crippen LogP contribution in [0.2, 0.25) is 5.02 Å². The lowest BCUT2D eigenvalue weighted by atomic mass is 10.1. The van der Waals surface area contributed by atoms with Crippen LogP contribution in [0.4, 0.5) is 0 Å². The fourth-order valence-electron chi connectivity index (χ4n) is 2.34. The Kier molecular flexibility index (Phi) is 4.64. The molecular weight excluding hydrogens is 328 g/mol. The van der Waals surface area contributed by atoms with Crippen molar-refractivity contribution in [2.75, 3.05) is 0 Å². The maximum absolute atomic E-state index is 12.4. The minimum atomic E-state index is -0.150. The molecule has 5 heteroatoms. The van der Waals surface area contributed by atoms with Gasteiger partial charge in [-0.15, -0.1) is 11.3 Å². The highest BCUT2D eigenvalue weighted by Crippen LogP contribution is 2.34. The van der Waals surface area contributed by atoms with Gasteiger partial charge in [0.05, 0.1) is 5.69 Å². The summed E-state index contributed by atoms with van der Waals surface area (Å²) in [4.78, 5) is 17.0. The van der Waals surface area contributed by atoms with Crippen molar-refractivity contribution in [1.29, 1.82) is 0 Å². The number of hydrogen-bond acceptors (Lipinski definition) is 3. The molecule has 1 unspecified atom stereocenters. The summed E-state index contributed by atoms with van der Waals surface area (Å²) in [6, 6.07) is 11.6. The first-order valence-electron chi connectivity index (χ1n) is 7.54. The third kappa shape index (κ3) is 3.23. The van der Waals surface area contributed by atoms with Crippen LogP contribution in [0.25, 0.3) is 21.3 Å². The molecule has 0 aliphatic rings. The number of carbonyl (C=O) groups is 1. The molecule has 2 aromatic heterocycles. The molecule has 23 heavy (non-hydrogen) atoms. The van der Waals surface area contributed by atoms with Gasteiger partial charge in [0, 0.05) is 26.7 Å². The van der Waals surface area contributed by atoms with Gasteiger partial charge in [-0.05, 0) is 36.9 Å². The third-order valence-electron chi connectivity index (χ3n) is 3.80. The molecule has 118 valence electrons. The molecule has 2 heterocycles. The van der Waals surface area contributed by atoms with E-state index in [0.29, 0.717) is 10.7 Å². The number of carbonyl (C=O) groups excluding carboxylic acids is 1. The van der Waals surface area contributed by atoms with Gasteiger partial charge >= 0.3 is 0 Å². The van der Waals surface area contributed by atoms with E-state index in [1.54, 1.807) is 11.3 Å². The van der Waals surface area contributed by atoms with Crippen molar-refractivity contribution in [1.82, 2.24) is 10.3 Å². The summed E-state index contributed by atoms with van der Waals surface area (Å²) < 4.78 is 1.03. The summed E-state index contributed by atoms with van der Waals surface area (Å²) in [5, 5.41) is 6.62. The normalized spacial score (nSPS) is 12.3. The van der Waals surface area contributed by atoms with Gasteiger partial charge in [-0.3, -0.25) is 4.79 Å². The Morgan fingerprint density at radius 2 is 2.13 bits per heavy atom. The second-order valence-electron chi connectivity index (χ2n) is 5.45. The first kappa shape index (κ1) is 16.0. The van der Waals surface area contributed by atoms with Crippen molar-refractivity contribution in [3.63, 3.8) is 0 Å². The molecule has 0 aliphatic carbocycles. The molecule has 1 aromatic carbocycles. The fourth-order valence-corrected chi connectivity index (χ4v) is 3.39. The Bertz CT molecular complexity index is 859. The van der Waals surface area contributed by atoms with E-state index in [2.05, 4.69) is 10.3 Å². The van der Waals surface area contributed by atoms with E-state index < -0.39 is 0 Å². The van der Waals surface area contributed by atoms with Gasteiger partial charge in [-0.2, -0.15) is 0 Å². The van der Waals surface area contributed by atoms with Gasteiger partial charge in [-0.1, -0.05) is 36.7 Å². The lowest BCUT2D eigenvalue weighted by Gasteiger charge is -2.12. The number of nitrogens with zero attached hydrogens (tertiary/aromatic N) is 1. The molecule has 0 saturated heterocycles. The highest BCUT2D eigenvalue weighted by Gasteiger charge is 2.16. The van der Waals surface area contributed by atoms with Crippen molar-refractivity contribution in [2.24, 2.45) is 0 Å². The second-order valence-corrected chi connectivity index (χ2v) is 6.81. The average Bonchev–Trinajstić information content (AvgIpc) is 3.02. The van der Waals surface area contributed by atoms with Gasteiger partial charge in [0.15, 0.2) is 0 Å². The zero-order chi connectivity index (χ0) is 16.4. The summed E-state index contributed by atoms with van der Waals surface area (Å²) in [6.45, 7) is 4.02. The number of hydrogen-bond donors (Lipinski definition) is 1. The first-order valence-corrected chi connectivity index (χ1v) is 8.80. The number of rotatable bonds is 4. The van der Waals surface area contributed by atoms with Crippen LogP contribution in [-0.2, 0) is 0 Å². The maximum atomic E-state index is 12.4. The van der Waals surface area contributed by atoms with Crippen molar-refractivity contribution >= 4 is 38.9 Å². The van der Waals surface area contributed by atoms with E-state index >= 15 is 0 Å². The van der Waals surface area contributed by atoms with Gasteiger partial charge in [0.1, 0.15) is 5.69 Å². The van der Waals surface area contributed by atoms with E-state index in [-0.39, 0.29) is 11.9 Å². The molecule has 1 atom stereocenters. The summed E-state index contributed by atoms with van der Waals surface area (Å²) in [6.07, 6.45) is 0.879. The molecular formula is C18H17ClN2OS. The molecule has 3 nitrogen and oxygen atoms in total. The van der Waals surface area contributed by atoms with Crippen molar-refractivity contribution < 1.29 is 4.79 Å². The number of pyridine rings is 1. The summed E-state index contributed by atoms with van der Waals surface area (Å²) >= 11 is 7.92. The smallest absolute Gasteiger partial charge is 0.270 e. The van der Waals surface area contributed by atoms with Crippen LogP contribution in [0.5, 0.6) is 0 Å². The summed E-state index contributed by atoms with van der Waals surface area (Å²) in [5.74, 6) is -0.150. The molecule has 0 aliphatic heterocycles. The van der Waals surface area contributed by atoms with Crippen LogP contribution in [0.1, 0.15) is 30.8 Å². The molecule has 0 radical (unpaired) electrons. The Balaban J connectivity index is 2.12. The zero-order valence-electron chi connectivity index (χ0n) is 13.0. The van der Waals surface area contributed by atoms with Gasteiger partial charge in [-0.25, -0.2) is 4.98 Å². The molecule has 0 bridgehead atoms. The Morgan fingerprint density at radius 1 is 1.35 bits per heavy atom. The molecule has 1 amide bonds. The number of halogens is 1. The first-order chi connectivity index (χ1) is 11.1. The minimum absolute atomic E-state index is 0.118. The van der Waals surface area contributed by atoms with Crippen molar-refractivity contribution in [3.05, 3.63) is 52.5 Å². The van der Waals surface area contributed by atoms with E-state index in [4.69, 9.17) is 11.6 Å². The number of thiophene rings is 1. The quantitative estimate of drug-likeness (QED) is 0.711. The highest BCUT2D eigenvalue weighted by molar-refractivity contribution is 7.17. The van der Waals surface area contributed by atoms with Crippen LogP contribution >= 0.6 is 22.9 Å². The maximum Gasteiger partial charge on any atom is 0.270 e. The SMILES string of the molecule is CCC(C)NC(=O)c1cc2sccc2c(-c2ccccc2Cl)n1. The molecule has 3 rings (SSSR count). The Hall–Kier alpha value is -1.91. The number of aromatic nitrogens is 1. The number of benzene rings is 1.